The molecule has 0 aromatic heterocycles. The Labute approximate surface area is 175 Å². The van der Waals surface area contributed by atoms with E-state index in [1.54, 1.807) is 0 Å². The van der Waals surface area contributed by atoms with Crippen molar-refractivity contribution in [1.29, 1.82) is 5.26 Å². The summed E-state index contributed by atoms with van der Waals surface area (Å²) in [5.74, 6) is 1.88. The van der Waals surface area contributed by atoms with Crippen LogP contribution >= 0.6 is 0 Å². The first kappa shape index (κ1) is 20.6. The van der Waals surface area contributed by atoms with E-state index < -0.39 is 5.41 Å². The van der Waals surface area contributed by atoms with Crippen LogP contribution in [0.5, 0.6) is 0 Å². The van der Waals surface area contributed by atoms with Crippen molar-refractivity contribution in [1.82, 2.24) is 0 Å². The molecule has 0 aliphatic heterocycles. The molecule has 0 aromatic carbocycles. The molecule has 4 aliphatic rings. The summed E-state index contributed by atoms with van der Waals surface area (Å²) in [5.41, 5.74) is 0.781. The van der Waals surface area contributed by atoms with Crippen molar-refractivity contribution < 1.29 is 9.59 Å². The van der Waals surface area contributed by atoms with Crippen LogP contribution < -0.4 is 0 Å². The first-order chi connectivity index (χ1) is 13.8. The van der Waals surface area contributed by atoms with Gasteiger partial charge in [-0.25, -0.2) is 0 Å². The summed E-state index contributed by atoms with van der Waals surface area (Å²) >= 11 is 0. The lowest BCUT2D eigenvalue weighted by Crippen LogP contribution is -2.54. The van der Waals surface area contributed by atoms with E-state index >= 15 is 0 Å². The predicted octanol–water partition coefficient (Wildman–Crippen LogP) is 5.95. The summed E-state index contributed by atoms with van der Waals surface area (Å²) in [6.07, 6.45) is 12.7. The van der Waals surface area contributed by atoms with Gasteiger partial charge in [-0.3, -0.25) is 9.59 Å². The summed E-state index contributed by atoms with van der Waals surface area (Å²) < 4.78 is 0. The van der Waals surface area contributed by atoms with Crippen molar-refractivity contribution >= 4 is 11.6 Å². The van der Waals surface area contributed by atoms with Gasteiger partial charge in [0.15, 0.2) is 5.78 Å². The number of carbonyl (C=O) groups excluding carboxylic acids is 2. The quantitative estimate of drug-likeness (QED) is 0.554. The number of nitriles is 1. The number of fused-ring (bicyclic) bond motifs is 5. The molecule has 0 aromatic rings. The van der Waals surface area contributed by atoms with E-state index in [2.05, 4.69) is 39.8 Å². The molecule has 156 valence electrons. The SMILES string of the molecule is CCCC1(CCC)C(=O)C(C#N)=C[C@@]2(C)C1=CCC1C2CC[C@]2(C)C(=O)CC[C@@H]12. The monoisotopic (exact) mass is 393 g/mol. The van der Waals surface area contributed by atoms with E-state index in [0.29, 0.717) is 29.1 Å². The average Bonchev–Trinajstić information content (AvgIpc) is 3.00. The molecule has 3 nitrogen and oxygen atoms in total. The van der Waals surface area contributed by atoms with E-state index in [-0.39, 0.29) is 16.6 Å². The largest absolute Gasteiger partial charge is 0.299 e. The summed E-state index contributed by atoms with van der Waals surface area (Å²) in [7, 11) is 0. The second-order valence-electron chi connectivity index (χ2n) is 10.5. The third-order valence-corrected chi connectivity index (χ3v) is 9.20. The van der Waals surface area contributed by atoms with Gasteiger partial charge in [-0.05, 0) is 56.3 Å². The molecule has 5 atom stereocenters. The van der Waals surface area contributed by atoms with Crippen LogP contribution in [-0.4, -0.2) is 11.6 Å². The molecule has 2 fully saturated rings. The van der Waals surface area contributed by atoms with Crippen LogP contribution in [0, 0.1) is 45.3 Å². The number of rotatable bonds is 4. The Balaban J connectivity index is 1.86. The molecular weight excluding hydrogens is 358 g/mol. The maximum Gasteiger partial charge on any atom is 0.183 e. The molecule has 0 bridgehead atoms. The summed E-state index contributed by atoms with van der Waals surface area (Å²) in [4.78, 5) is 26.2. The van der Waals surface area contributed by atoms with Gasteiger partial charge in [-0.15, -0.1) is 0 Å². The van der Waals surface area contributed by atoms with Crippen LogP contribution in [0.3, 0.4) is 0 Å². The van der Waals surface area contributed by atoms with Crippen molar-refractivity contribution in [3.05, 3.63) is 23.3 Å². The fourth-order valence-corrected chi connectivity index (χ4v) is 8.00. The lowest BCUT2D eigenvalue weighted by Gasteiger charge is -2.58. The van der Waals surface area contributed by atoms with Gasteiger partial charge in [0.1, 0.15) is 11.9 Å². The van der Waals surface area contributed by atoms with Gasteiger partial charge in [-0.2, -0.15) is 5.26 Å². The lowest BCUT2D eigenvalue weighted by molar-refractivity contribution is -0.131. The van der Waals surface area contributed by atoms with E-state index in [1.807, 2.05) is 6.08 Å². The molecule has 0 spiro atoms. The van der Waals surface area contributed by atoms with Crippen molar-refractivity contribution in [3.8, 4) is 6.07 Å². The third kappa shape index (κ3) is 2.60. The van der Waals surface area contributed by atoms with Gasteiger partial charge < -0.3 is 0 Å². The molecule has 4 aliphatic carbocycles. The van der Waals surface area contributed by atoms with Crippen molar-refractivity contribution in [3.63, 3.8) is 0 Å². The van der Waals surface area contributed by atoms with E-state index in [4.69, 9.17) is 0 Å². The summed E-state index contributed by atoms with van der Waals surface area (Å²) in [6, 6.07) is 2.27. The van der Waals surface area contributed by atoms with Crippen LogP contribution in [0.15, 0.2) is 23.3 Å². The van der Waals surface area contributed by atoms with E-state index in [0.717, 1.165) is 57.8 Å². The van der Waals surface area contributed by atoms with Crippen LogP contribution in [-0.2, 0) is 9.59 Å². The number of allylic oxidation sites excluding steroid dienone is 4. The number of ketones is 2. The Morgan fingerprint density at radius 1 is 1.10 bits per heavy atom. The first-order valence-electron chi connectivity index (χ1n) is 11.7. The third-order valence-electron chi connectivity index (χ3n) is 9.20. The first-order valence-corrected chi connectivity index (χ1v) is 11.7. The fourth-order valence-electron chi connectivity index (χ4n) is 8.00. The summed E-state index contributed by atoms with van der Waals surface area (Å²) in [5, 5.41) is 9.85. The number of carbonyl (C=O) groups is 2. The zero-order chi connectivity index (χ0) is 21.0. The number of hydrogen-bond acceptors (Lipinski definition) is 3. The van der Waals surface area contributed by atoms with E-state index in [9.17, 15) is 14.9 Å². The highest BCUT2D eigenvalue weighted by atomic mass is 16.1. The minimum absolute atomic E-state index is 0.0579. The minimum Gasteiger partial charge on any atom is -0.299 e. The topological polar surface area (TPSA) is 57.9 Å². The van der Waals surface area contributed by atoms with E-state index in [1.165, 1.54) is 5.57 Å². The summed E-state index contributed by atoms with van der Waals surface area (Å²) in [6.45, 7) is 8.78. The standard InChI is InChI=1S/C26H35NO2/c1-5-12-26(13-6-2)21-9-7-18-19-8-10-22(28)24(19,3)14-11-20(18)25(21,4)15-17(16-27)23(26)29/h9,15,18-20H,5-8,10-14H2,1-4H3/t18?,19-,20?,24-,25+/m0/s1. The molecule has 29 heavy (non-hydrogen) atoms. The molecule has 0 radical (unpaired) electrons. The van der Waals surface area contributed by atoms with Crippen LogP contribution in [0.2, 0.25) is 0 Å². The van der Waals surface area contributed by atoms with Gasteiger partial charge >= 0.3 is 0 Å². The molecule has 0 saturated heterocycles. The second kappa shape index (κ2) is 6.93. The highest BCUT2D eigenvalue weighted by Gasteiger charge is 2.62. The molecule has 0 amide bonds. The van der Waals surface area contributed by atoms with Gasteiger partial charge in [0, 0.05) is 17.3 Å². The van der Waals surface area contributed by atoms with Gasteiger partial charge in [0.2, 0.25) is 0 Å². The Bertz CT molecular complexity index is 837. The van der Waals surface area contributed by atoms with Gasteiger partial charge in [0.05, 0.1) is 11.0 Å². The van der Waals surface area contributed by atoms with Crippen LogP contribution in [0.1, 0.15) is 85.5 Å². The molecule has 0 N–H and O–H groups in total. The number of nitrogens with zero attached hydrogens (tertiary/aromatic N) is 1. The average molecular weight is 394 g/mol. The molecule has 0 heterocycles. The molecule has 3 heteroatoms. The molecule has 4 rings (SSSR count). The Kier molecular flexibility index (Phi) is 4.92. The molecular formula is C26H35NO2. The Morgan fingerprint density at radius 2 is 1.79 bits per heavy atom. The zero-order valence-corrected chi connectivity index (χ0v) is 18.5. The van der Waals surface area contributed by atoms with Crippen molar-refractivity contribution in [2.24, 2.45) is 34.0 Å². The highest BCUT2D eigenvalue weighted by molar-refractivity contribution is 6.06. The number of Topliss-reactive ketones (excluding diaryl/α,β-unsaturated/α-hetero) is 2. The maximum absolute atomic E-state index is 13.5. The minimum atomic E-state index is -0.505. The van der Waals surface area contributed by atoms with Crippen LogP contribution in [0.25, 0.3) is 0 Å². The number of hydrogen-bond donors (Lipinski definition) is 0. The molecule has 2 saturated carbocycles. The van der Waals surface area contributed by atoms with Gasteiger partial charge in [-0.1, -0.05) is 58.3 Å². The van der Waals surface area contributed by atoms with Crippen molar-refractivity contribution in [2.45, 2.75) is 85.5 Å². The highest BCUT2D eigenvalue weighted by Crippen LogP contribution is 2.66. The second-order valence-corrected chi connectivity index (χ2v) is 10.5. The van der Waals surface area contributed by atoms with Crippen molar-refractivity contribution in [2.75, 3.05) is 0 Å². The Hall–Kier alpha value is -1.69. The Morgan fingerprint density at radius 3 is 2.41 bits per heavy atom. The maximum atomic E-state index is 13.5. The van der Waals surface area contributed by atoms with Gasteiger partial charge in [0.25, 0.3) is 0 Å². The fraction of sp³-hybridized carbons (Fsp3) is 0.731. The normalized spacial score (nSPS) is 40.3. The lowest BCUT2D eigenvalue weighted by atomic mass is 9.44. The van der Waals surface area contributed by atoms with Crippen LogP contribution in [0.4, 0.5) is 0 Å². The zero-order valence-electron chi connectivity index (χ0n) is 18.5. The predicted molar refractivity (Wildman–Crippen MR) is 114 cm³/mol. The smallest absolute Gasteiger partial charge is 0.183 e. The molecule has 2 unspecified atom stereocenters.